The van der Waals surface area contributed by atoms with Crippen LogP contribution in [0, 0.1) is 0 Å². The SMILES string of the molecule is CSC1(SC)CCO[C@H](OCc2ccccc2)C1. The molecule has 0 aromatic heterocycles. The Bertz CT molecular complexity index is 352. The molecule has 0 radical (unpaired) electrons. The van der Waals surface area contributed by atoms with Crippen molar-refractivity contribution in [1.29, 1.82) is 0 Å². The highest BCUT2D eigenvalue weighted by atomic mass is 32.2. The molecule has 1 aromatic rings. The van der Waals surface area contributed by atoms with Crippen molar-refractivity contribution in [3.8, 4) is 0 Å². The van der Waals surface area contributed by atoms with Crippen molar-refractivity contribution < 1.29 is 9.47 Å². The molecule has 0 spiro atoms. The number of hydrogen-bond acceptors (Lipinski definition) is 4. The largest absolute Gasteiger partial charge is 0.352 e. The minimum atomic E-state index is -0.0705. The van der Waals surface area contributed by atoms with Crippen molar-refractivity contribution in [2.75, 3.05) is 19.1 Å². The van der Waals surface area contributed by atoms with Crippen LogP contribution in [0.4, 0.5) is 0 Å². The van der Waals surface area contributed by atoms with Gasteiger partial charge in [-0.2, -0.15) is 0 Å². The molecule has 0 aliphatic carbocycles. The van der Waals surface area contributed by atoms with Crippen LogP contribution in [0.3, 0.4) is 0 Å². The first-order valence-corrected chi connectivity index (χ1v) is 8.60. The third-order valence-electron chi connectivity index (χ3n) is 3.29. The third-order valence-corrected chi connectivity index (χ3v) is 6.52. The van der Waals surface area contributed by atoms with Gasteiger partial charge in [-0.05, 0) is 24.5 Å². The van der Waals surface area contributed by atoms with Crippen molar-refractivity contribution in [2.24, 2.45) is 0 Å². The van der Waals surface area contributed by atoms with E-state index >= 15 is 0 Å². The average Bonchev–Trinajstić information content (AvgIpc) is 2.46. The smallest absolute Gasteiger partial charge is 0.160 e. The van der Waals surface area contributed by atoms with Crippen molar-refractivity contribution in [3.63, 3.8) is 0 Å². The Labute approximate surface area is 118 Å². The van der Waals surface area contributed by atoms with Gasteiger partial charge < -0.3 is 9.47 Å². The van der Waals surface area contributed by atoms with Crippen LogP contribution in [-0.2, 0) is 16.1 Å². The van der Waals surface area contributed by atoms with Crippen LogP contribution in [0.25, 0.3) is 0 Å². The van der Waals surface area contributed by atoms with E-state index in [1.807, 2.05) is 41.7 Å². The first-order chi connectivity index (χ1) is 8.78. The van der Waals surface area contributed by atoms with E-state index in [0.717, 1.165) is 19.4 Å². The second-order valence-electron chi connectivity index (χ2n) is 4.37. The summed E-state index contributed by atoms with van der Waals surface area (Å²) in [7, 11) is 0. The van der Waals surface area contributed by atoms with E-state index in [-0.39, 0.29) is 10.4 Å². The molecule has 0 saturated carbocycles. The lowest BCUT2D eigenvalue weighted by atomic mass is 10.2. The van der Waals surface area contributed by atoms with Gasteiger partial charge in [0.15, 0.2) is 6.29 Å². The molecule has 18 heavy (non-hydrogen) atoms. The minimum absolute atomic E-state index is 0.0705. The maximum atomic E-state index is 5.88. The van der Waals surface area contributed by atoms with Crippen LogP contribution >= 0.6 is 23.5 Å². The molecule has 0 amide bonds. The van der Waals surface area contributed by atoms with Gasteiger partial charge in [0.1, 0.15) is 0 Å². The lowest BCUT2D eigenvalue weighted by Crippen LogP contribution is -2.36. The molecular formula is C14H20O2S2. The third kappa shape index (κ3) is 3.67. The summed E-state index contributed by atoms with van der Waals surface area (Å²) in [6.45, 7) is 1.42. The van der Waals surface area contributed by atoms with Crippen LogP contribution in [0.15, 0.2) is 30.3 Å². The highest BCUT2D eigenvalue weighted by molar-refractivity contribution is 8.17. The molecule has 1 atom stereocenters. The highest BCUT2D eigenvalue weighted by Gasteiger charge is 2.36. The Morgan fingerprint density at radius 2 is 2.00 bits per heavy atom. The van der Waals surface area contributed by atoms with Crippen LogP contribution < -0.4 is 0 Å². The topological polar surface area (TPSA) is 18.5 Å². The zero-order valence-electron chi connectivity index (χ0n) is 10.9. The molecule has 1 saturated heterocycles. The molecule has 1 aromatic carbocycles. The van der Waals surface area contributed by atoms with E-state index < -0.39 is 0 Å². The lowest BCUT2D eigenvalue weighted by Gasteiger charge is -2.38. The summed E-state index contributed by atoms with van der Waals surface area (Å²) in [6.07, 6.45) is 6.34. The molecule has 2 nitrogen and oxygen atoms in total. The van der Waals surface area contributed by atoms with E-state index in [2.05, 4.69) is 24.6 Å². The van der Waals surface area contributed by atoms with Crippen LogP contribution in [0.1, 0.15) is 18.4 Å². The minimum Gasteiger partial charge on any atom is -0.352 e. The standard InChI is InChI=1S/C14H20O2S2/c1-17-14(18-2)8-9-15-13(10-14)16-11-12-6-4-3-5-7-12/h3-7,13H,8-11H2,1-2H3/t13-/m1/s1. The van der Waals surface area contributed by atoms with Crippen molar-refractivity contribution >= 4 is 23.5 Å². The highest BCUT2D eigenvalue weighted by Crippen LogP contribution is 2.44. The normalized spacial score (nSPS) is 22.9. The second kappa shape index (κ2) is 6.85. The van der Waals surface area contributed by atoms with Gasteiger partial charge in [0.05, 0.1) is 17.3 Å². The van der Waals surface area contributed by atoms with Crippen molar-refractivity contribution in [2.45, 2.75) is 29.8 Å². The second-order valence-corrected chi connectivity index (χ2v) is 7.01. The number of rotatable bonds is 5. The molecule has 1 heterocycles. The number of ether oxygens (including phenoxy) is 2. The van der Waals surface area contributed by atoms with E-state index in [1.165, 1.54) is 5.56 Å². The van der Waals surface area contributed by atoms with Gasteiger partial charge in [-0.3, -0.25) is 0 Å². The zero-order chi connectivity index (χ0) is 12.8. The van der Waals surface area contributed by atoms with Gasteiger partial charge in [0.2, 0.25) is 0 Å². The van der Waals surface area contributed by atoms with Gasteiger partial charge >= 0.3 is 0 Å². The molecule has 1 aliphatic heterocycles. The maximum absolute atomic E-state index is 5.88. The van der Waals surface area contributed by atoms with E-state index in [1.54, 1.807) is 0 Å². The Balaban J connectivity index is 1.86. The van der Waals surface area contributed by atoms with Crippen LogP contribution in [-0.4, -0.2) is 29.5 Å². The fourth-order valence-electron chi connectivity index (χ4n) is 2.09. The summed E-state index contributed by atoms with van der Waals surface area (Å²) in [4.78, 5) is 0. The van der Waals surface area contributed by atoms with Gasteiger partial charge in [0.25, 0.3) is 0 Å². The first-order valence-electron chi connectivity index (χ1n) is 6.15. The molecule has 0 N–H and O–H groups in total. The molecule has 100 valence electrons. The summed E-state index contributed by atoms with van der Waals surface area (Å²) in [6, 6.07) is 10.3. The Hall–Kier alpha value is -0.160. The number of benzene rings is 1. The van der Waals surface area contributed by atoms with E-state index in [4.69, 9.17) is 9.47 Å². The van der Waals surface area contributed by atoms with Gasteiger partial charge in [-0.15, -0.1) is 23.5 Å². The van der Waals surface area contributed by atoms with Gasteiger partial charge in [-0.1, -0.05) is 30.3 Å². The molecule has 0 unspecified atom stereocenters. The van der Waals surface area contributed by atoms with E-state index in [0.29, 0.717) is 6.61 Å². The predicted octanol–water partition coefficient (Wildman–Crippen LogP) is 3.76. The average molecular weight is 284 g/mol. The molecular weight excluding hydrogens is 264 g/mol. The molecule has 4 heteroatoms. The summed E-state index contributed by atoms with van der Waals surface area (Å²) < 4.78 is 11.9. The Morgan fingerprint density at radius 1 is 1.28 bits per heavy atom. The van der Waals surface area contributed by atoms with E-state index in [9.17, 15) is 0 Å². The molecule has 1 fully saturated rings. The Morgan fingerprint density at radius 3 is 2.67 bits per heavy atom. The summed E-state index contributed by atoms with van der Waals surface area (Å²) >= 11 is 3.84. The summed E-state index contributed by atoms with van der Waals surface area (Å²) in [5, 5.41) is 0. The predicted molar refractivity (Wildman–Crippen MR) is 80.0 cm³/mol. The summed E-state index contributed by atoms with van der Waals surface area (Å²) in [5.74, 6) is 0. The lowest BCUT2D eigenvalue weighted by molar-refractivity contribution is -0.169. The van der Waals surface area contributed by atoms with Gasteiger partial charge in [0, 0.05) is 6.42 Å². The quantitative estimate of drug-likeness (QED) is 0.766. The first kappa shape index (κ1) is 14.3. The maximum Gasteiger partial charge on any atom is 0.160 e. The summed E-state index contributed by atoms with van der Waals surface area (Å²) in [5.41, 5.74) is 1.20. The molecule has 1 aliphatic rings. The van der Waals surface area contributed by atoms with Gasteiger partial charge in [-0.25, -0.2) is 0 Å². The molecule has 2 rings (SSSR count). The fraction of sp³-hybridized carbons (Fsp3) is 0.571. The Kier molecular flexibility index (Phi) is 5.42. The van der Waals surface area contributed by atoms with Crippen molar-refractivity contribution in [3.05, 3.63) is 35.9 Å². The van der Waals surface area contributed by atoms with Crippen LogP contribution in [0.5, 0.6) is 0 Å². The zero-order valence-corrected chi connectivity index (χ0v) is 12.6. The fourth-order valence-corrected chi connectivity index (χ4v) is 3.93. The van der Waals surface area contributed by atoms with Crippen molar-refractivity contribution in [1.82, 2.24) is 0 Å². The number of hydrogen-bond donors (Lipinski definition) is 0. The molecule has 0 bridgehead atoms. The number of thioether (sulfide) groups is 2. The monoisotopic (exact) mass is 284 g/mol. The van der Waals surface area contributed by atoms with Crippen LogP contribution in [0.2, 0.25) is 0 Å².